The van der Waals surface area contributed by atoms with E-state index in [9.17, 15) is 8.78 Å². The van der Waals surface area contributed by atoms with Crippen LogP contribution in [0.1, 0.15) is 12.5 Å². The average Bonchev–Trinajstić information content (AvgIpc) is 2.13. The highest BCUT2D eigenvalue weighted by atomic mass is 19.1. The van der Waals surface area contributed by atoms with Crippen molar-refractivity contribution in [3.05, 3.63) is 54.1 Å². The zero-order valence-electron chi connectivity index (χ0n) is 7.35. The molecule has 0 N–H and O–H groups in total. The summed E-state index contributed by atoms with van der Waals surface area (Å²) in [5.41, 5.74) is 0.842. The first-order chi connectivity index (χ1) is 6.19. The number of halogens is 2. The number of hydrogen-bond acceptors (Lipinski definition) is 0. The van der Waals surface area contributed by atoms with Crippen molar-refractivity contribution in [1.82, 2.24) is 0 Å². The van der Waals surface area contributed by atoms with Crippen molar-refractivity contribution in [2.45, 2.75) is 6.92 Å². The number of hydrogen-bond donors (Lipinski definition) is 0. The van der Waals surface area contributed by atoms with Crippen molar-refractivity contribution in [3.8, 4) is 0 Å². The minimum absolute atomic E-state index is 0.248. The summed E-state index contributed by atoms with van der Waals surface area (Å²) in [5, 5.41) is 0. The van der Waals surface area contributed by atoms with Gasteiger partial charge in [-0.3, -0.25) is 0 Å². The number of allylic oxidation sites excluding steroid dienone is 3. The first-order valence-electron chi connectivity index (χ1n) is 3.93. The Balaban J connectivity index is 3.27. The van der Waals surface area contributed by atoms with Crippen molar-refractivity contribution < 1.29 is 8.78 Å². The largest absolute Gasteiger partial charge is 0.207 e. The first-order valence-corrected chi connectivity index (χ1v) is 3.93. The molecule has 0 aliphatic rings. The predicted molar refractivity (Wildman–Crippen MR) is 50.2 cm³/mol. The van der Waals surface area contributed by atoms with Gasteiger partial charge >= 0.3 is 0 Å². The van der Waals surface area contributed by atoms with Crippen LogP contribution in [0.3, 0.4) is 0 Å². The molecule has 0 aromatic heterocycles. The molecule has 1 rings (SSSR count). The molecule has 0 unspecified atom stereocenters. The molecule has 0 fully saturated rings. The molecule has 1 aromatic rings. The van der Waals surface area contributed by atoms with Gasteiger partial charge in [0.25, 0.3) is 0 Å². The maximum atomic E-state index is 13.1. The lowest BCUT2D eigenvalue weighted by Crippen LogP contribution is -1.88. The first kappa shape index (κ1) is 9.65. The van der Waals surface area contributed by atoms with E-state index in [1.165, 1.54) is 6.08 Å². The standard InChI is InChI=1S/C11H10F2/c1-3-8(4-2)10-7-9(12)5-6-11(10)13/h3-7H,1H2,2H3. The fraction of sp³-hybridized carbons (Fsp3) is 0.0909. The highest BCUT2D eigenvalue weighted by molar-refractivity contribution is 5.73. The maximum Gasteiger partial charge on any atom is 0.131 e. The van der Waals surface area contributed by atoms with E-state index in [0.29, 0.717) is 5.57 Å². The van der Waals surface area contributed by atoms with Crippen LogP contribution in [0.5, 0.6) is 0 Å². The summed E-state index contributed by atoms with van der Waals surface area (Å²) in [5.74, 6) is -0.882. The van der Waals surface area contributed by atoms with Crippen LogP contribution in [0.2, 0.25) is 0 Å². The topological polar surface area (TPSA) is 0 Å². The zero-order chi connectivity index (χ0) is 9.84. The predicted octanol–water partition coefficient (Wildman–Crippen LogP) is 3.55. The van der Waals surface area contributed by atoms with E-state index < -0.39 is 11.6 Å². The van der Waals surface area contributed by atoms with Gasteiger partial charge in [0.15, 0.2) is 0 Å². The summed E-state index contributed by atoms with van der Waals surface area (Å²) >= 11 is 0. The van der Waals surface area contributed by atoms with Crippen molar-refractivity contribution in [2.75, 3.05) is 0 Å². The molecule has 2 heteroatoms. The quantitative estimate of drug-likeness (QED) is 0.610. The van der Waals surface area contributed by atoms with Gasteiger partial charge in [-0.05, 0) is 30.7 Å². The molecule has 0 saturated carbocycles. The van der Waals surface area contributed by atoms with Gasteiger partial charge in [0.1, 0.15) is 11.6 Å². The number of rotatable bonds is 2. The molecule has 0 aliphatic heterocycles. The van der Waals surface area contributed by atoms with Crippen molar-refractivity contribution in [2.24, 2.45) is 0 Å². The molecule has 0 nitrogen and oxygen atoms in total. The summed E-state index contributed by atoms with van der Waals surface area (Å²) in [4.78, 5) is 0. The van der Waals surface area contributed by atoms with Crippen LogP contribution in [-0.2, 0) is 0 Å². The van der Waals surface area contributed by atoms with Gasteiger partial charge in [-0.2, -0.15) is 0 Å². The maximum absolute atomic E-state index is 13.1. The molecular weight excluding hydrogens is 170 g/mol. The van der Waals surface area contributed by atoms with E-state index >= 15 is 0 Å². The van der Waals surface area contributed by atoms with Crippen LogP contribution in [0.25, 0.3) is 5.57 Å². The highest BCUT2D eigenvalue weighted by Gasteiger charge is 2.05. The molecule has 68 valence electrons. The van der Waals surface area contributed by atoms with E-state index in [2.05, 4.69) is 6.58 Å². The number of benzene rings is 1. The summed E-state index contributed by atoms with van der Waals surface area (Å²) in [6, 6.07) is 3.36. The second kappa shape index (κ2) is 3.99. The van der Waals surface area contributed by atoms with Gasteiger partial charge < -0.3 is 0 Å². The molecule has 1 aromatic carbocycles. The van der Waals surface area contributed by atoms with Gasteiger partial charge in [-0.25, -0.2) is 8.78 Å². The van der Waals surface area contributed by atoms with E-state index in [4.69, 9.17) is 0 Å². The normalized spacial score (nSPS) is 11.5. The van der Waals surface area contributed by atoms with Crippen LogP contribution in [-0.4, -0.2) is 0 Å². The van der Waals surface area contributed by atoms with E-state index in [-0.39, 0.29) is 5.56 Å². The van der Waals surface area contributed by atoms with Crippen LogP contribution < -0.4 is 0 Å². The molecule has 0 spiro atoms. The third kappa shape index (κ3) is 2.02. The van der Waals surface area contributed by atoms with E-state index in [1.807, 2.05) is 0 Å². The van der Waals surface area contributed by atoms with Crippen molar-refractivity contribution in [1.29, 1.82) is 0 Å². The van der Waals surface area contributed by atoms with Gasteiger partial charge in [0, 0.05) is 5.56 Å². The Labute approximate surface area is 76.2 Å². The Kier molecular flexibility index (Phi) is 2.96. The molecule has 0 amide bonds. The van der Waals surface area contributed by atoms with Gasteiger partial charge in [0.05, 0.1) is 0 Å². The molecule has 13 heavy (non-hydrogen) atoms. The monoisotopic (exact) mass is 180 g/mol. The zero-order valence-corrected chi connectivity index (χ0v) is 7.35. The van der Waals surface area contributed by atoms with E-state index in [0.717, 1.165) is 18.2 Å². The summed E-state index contributed by atoms with van der Waals surface area (Å²) in [6.45, 7) is 5.27. The highest BCUT2D eigenvalue weighted by Crippen LogP contribution is 2.19. The minimum Gasteiger partial charge on any atom is -0.207 e. The summed E-state index contributed by atoms with van der Waals surface area (Å²) < 4.78 is 25.9. The Morgan fingerprint density at radius 3 is 2.62 bits per heavy atom. The second-order valence-corrected chi connectivity index (χ2v) is 2.57. The molecular formula is C11H10F2. The lowest BCUT2D eigenvalue weighted by molar-refractivity contribution is 0.597. The van der Waals surface area contributed by atoms with Crippen LogP contribution in [0.4, 0.5) is 8.78 Å². The molecule has 0 bridgehead atoms. The lowest BCUT2D eigenvalue weighted by Gasteiger charge is -2.02. The minimum atomic E-state index is -0.447. The summed E-state index contributed by atoms with van der Waals surface area (Å²) in [7, 11) is 0. The van der Waals surface area contributed by atoms with Crippen LogP contribution in [0.15, 0.2) is 36.9 Å². The van der Waals surface area contributed by atoms with Crippen LogP contribution >= 0.6 is 0 Å². The average molecular weight is 180 g/mol. The van der Waals surface area contributed by atoms with Crippen LogP contribution in [0, 0.1) is 11.6 Å². The smallest absolute Gasteiger partial charge is 0.131 e. The van der Waals surface area contributed by atoms with E-state index in [1.54, 1.807) is 13.0 Å². The van der Waals surface area contributed by atoms with Gasteiger partial charge in [-0.15, -0.1) is 0 Å². The second-order valence-electron chi connectivity index (χ2n) is 2.57. The van der Waals surface area contributed by atoms with Crippen molar-refractivity contribution in [3.63, 3.8) is 0 Å². The molecule has 0 atom stereocenters. The molecule has 0 aliphatic carbocycles. The Morgan fingerprint density at radius 2 is 2.08 bits per heavy atom. The van der Waals surface area contributed by atoms with Gasteiger partial charge in [-0.1, -0.05) is 18.7 Å². The molecule has 0 saturated heterocycles. The Hall–Kier alpha value is -1.44. The molecule has 0 heterocycles. The third-order valence-corrected chi connectivity index (χ3v) is 1.77. The fourth-order valence-corrected chi connectivity index (χ4v) is 1.10. The fourth-order valence-electron chi connectivity index (χ4n) is 1.10. The Morgan fingerprint density at radius 1 is 1.38 bits per heavy atom. The Bertz CT molecular complexity index is 351. The summed E-state index contributed by atoms with van der Waals surface area (Å²) in [6.07, 6.45) is 3.18. The SMILES string of the molecule is C=CC(=CC)c1cc(F)ccc1F. The third-order valence-electron chi connectivity index (χ3n) is 1.77. The molecule has 0 radical (unpaired) electrons. The van der Waals surface area contributed by atoms with Gasteiger partial charge in [0.2, 0.25) is 0 Å². The van der Waals surface area contributed by atoms with Crippen molar-refractivity contribution >= 4 is 5.57 Å². The lowest BCUT2D eigenvalue weighted by atomic mass is 10.1.